The maximum Gasteiger partial charge on any atom is 0.119 e. The average Bonchev–Trinajstić information content (AvgIpc) is 2.76. The molecule has 0 heterocycles. The summed E-state index contributed by atoms with van der Waals surface area (Å²) in [5, 5.41) is 10.8. The van der Waals surface area contributed by atoms with Gasteiger partial charge in [-0.25, -0.2) is 0 Å². The summed E-state index contributed by atoms with van der Waals surface area (Å²) in [5.41, 5.74) is 3.68. The number of phenols is 1. The van der Waals surface area contributed by atoms with Crippen LogP contribution in [0.25, 0.3) is 0 Å². The second kappa shape index (κ2) is 9.88. The fourth-order valence-corrected chi connectivity index (χ4v) is 7.02. The second-order valence-corrected chi connectivity index (χ2v) is 10.7. The van der Waals surface area contributed by atoms with Crippen LogP contribution in [0.4, 0.5) is 0 Å². The van der Waals surface area contributed by atoms with E-state index in [-0.39, 0.29) is 0 Å². The van der Waals surface area contributed by atoms with Crippen molar-refractivity contribution in [1.82, 2.24) is 0 Å². The molecule has 0 aliphatic heterocycles. The van der Waals surface area contributed by atoms with Crippen molar-refractivity contribution in [2.24, 2.45) is 22.7 Å². The first-order valence-corrected chi connectivity index (χ1v) is 12.8. The molecule has 29 heavy (non-hydrogen) atoms. The number of phenolic OH excluding ortho intramolecular Hbond substituents is 1. The Morgan fingerprint density at radius 1 is 0.759 bits per heavy atom. The van der Waals surface area contributed by atoms with Gasteiger partial charge < -0.3 is 5.11 Å². The molecule has 0 saturated heterocycles. The normalized spacial score (nSPS) is 23.4. The Hall–Kier alpha value is -0.980. The predicted octanol–water partition coefficient (Wildman–Crippen LogP) is 8.47. The lowest BCUT2D eigenvalue weighted by atomic mass is 9.62. The minimum absolute atomic E-state index is 0.484. The van der Waals surface area contributed by atoms with Gasteiger partial charge in [0, 0.05) is 0 Å². The highest BCUT2D eigenvalue weighted by Crippen LogP contribution is 2.49. The fourth-order valence-electron chi connectivity index (χ4n) is 7.02. The molecule has 0 bridgehead atoms. The van der Waals surface area contributed by atoms with Crippen molar-refractivity contribution in [1.29, 1.82) is 0 Å². The van der Waals surface area contributed by atoms with Gasteiger partial charge in [0.2, 0.25) is 0 Å². The third kappa shape index (κ3) is 4.86. The van der Waals surface area contributed by atoms with Gasteiger partial charge in [-0.1, -0.05) is 91.2 Å². The summed E-state index contributed by atoms with van der Waals surface area (Å²) in [6, 6.07) is 6.30. The lowest BCUT2D eigenvalue weighted by Gasteiger charge is -2.43. The lowest BCUT2D eigenvalue weighted by molar-refractivity contribution is 0.0968. The lowest BCUT2D eigenvalue weighted by Crippen LogP contribution is -2.33. The predicted molar refractivity (Wildman–Crippen MR) is 125 cm³/mol. The number of aromatic hydroxyl groups is 1. The fraction of sp³-hybridized carbons (Fsp3) is 0.786. The topological polar surface area (TPSA) is 20.2 Å². The molecule has 1 N–H and O–H groups in total. The van der Waals surface area contributed by atoms with Crippen molar-refractivity contribution in [3.8, 4) is 5.75 Å². The summed E-state index contributed by atoms with van der Waals surface area (Å²) >= 11 is 0. The van der Waals surface area contributed by atoms with Gasteiger partial charge in [0.25, 0.3) is 0 Å². The number of hydrogen-bond acceptors (Lipinski definition) is 1. The van der Waals surface area contributed by atoms with Gasteiger partial charge in [-0.3, -0.25) is 0 Å². The SMILES string of the molecule is CCC1(C(C)Cc2cccc(O)c2CC(C)C2(CC)CCCCC2)CCCCC1. The van der Waals surface area contributed by atoms with E-state index in [4.69, 9.17) is 0 Å². The van der Waals surface area contributed by atoms with Crippen LogP contribution in [0.3, 0.4) is 0 Å². The van der Waals surface area contributed by atoms with Crippen LogP contribution < -0.4 is 0 Å². The van der Waals surface area contributed by atoms with Crippen molar-refractivity contribution in [2.75, 3.05) is 0 Å². The quantitative estimate of drug-likeness (QED) is 0.465. The standard InChI is InChI=1S/C28H46O/c1-5-27(16-9-7-10-17-27)22(3)20-24-14-13-15-26(29)25(24)21-23(4)28(6-2)18-11-8-12-19-28/h13-15,22-23,29H,5-12,16-21H2,1-4H3. The van der Waals surface area contributed by atoms with Crippen molar-refractivity contribution < 1.29 is 5.11 Å². The van der Waals surface area contributed by atoms with E-state index in [9.17, 15) is 5.11 Å². The van der Waals surface area contributed by atoms with E-state index in [0.29, 0.717) is 28.4 Å². The van der Waals surface area contributed by atoms with E-state index in [1.165, 1.54) is 88.2 Å². The molecule has 1 heteroatoms. The molecule has 0 radical (unpaired) electrons. The molecule has 2 atom stereocenters. The molecule has 2 aliphatic rings. The zero-order chi connectivity index (χ0) is 20.9. The van der Waals surface area contributed by atoms with Gasteiger partial charge in [0.1, 0.15) is 5.75 Å². The molecule has 0 aromatic heterocycles. The highest BCUT2D eigenvalue weighted by atomic mass is 16.3. The van der Waals surface area contributed by atoms with E-state index < -0.39 is 0 Å². The van der Waals surface area contributed by atoms with Crippen LogP contribution >= 0.6 is 0 Å². The summed E-state index contributed by atoms with van der Waals surface area (Å²) in [6.07, 6.45) is 18.7. The summed E-state index contributed by atoms with van der Waals surface area (Å²) < 4.78 is 0. The van der Waals surface area contributed by atoms with Crippen molar-refractivity contribution in [3.63, 3.8) is 0 Å². The zero-order valence-corrected chi connectivity index (χ0v) is 19.7. The molecule has 2 fully saturated rings. The van der Waals surface area contributed by atoms with Gasteiger partial charge >= 0.3 is 0 Å². The Kier molecular flexibility index (Phi) is 7.74. The Morgan fingerprint density at radius 3 is 1.72 bits per heavy atom. The average molecular weight is 399 g/mol. The zero-order valence-electron chi connectivity index (χ0n) is 19.7. The third-order valence-corrected chi connectivity index (χ3v) is 9.48. The molecule has 2 aliphatic carbocycles. The summed E-state index contributed by atoms with van der Waals surface area (Å²) in [4.78, 5) is 0. The maximum atomic E-state index is 10.8. The highest BCUT2D eigenvalue weighted by Gasteiger charge is 2.38. The highest BCUT2D eigenvalue weighted by molar-refractivity contribution is 5.40. The van der Waals surface area contributed by atoms with Crippen LogP contribution in [0.1, 0.15) is 116 Å². The maximum absolute atomic E-state index is 10.8. The Morgan fingerprint density at radius 2 is 1.24 bits per heavy atom. The van der Waals surface area contributed by atoms with Crippen LogP contribution in [0, 0.1) is 22.7 Å². The number of benzene rings is 1. The monoisotopic (exact) mass is 398 g/mol. The molecule has 0 amide bonds. The van der Waals surface area contributed by atoms with Gasteiger partial charge in [-0.2, -0.15) is 0 Å². The molecule has 0 spiro atoms. The van der Waals surface area contributed by atoms with Crippen LogP contribution in [0.5, 0.6) is 5.75 Å². The first-order chi connectivity index (χ1) is 14.0. The largest absolute Gasteiger partial charge is 0.508 e. The number of hydrogen-bond donors (Lipinski definition) is 1. The van der Waals surface area contributed by atoms with Gasteiger partial charge in [-0.05, 0) is 78.4 Å². The molecule has 3 rings (SSSR count). The molecular weight excluding hydrogens is 352 g/mol. The molecule has 1 aromatic rings. The van der Waals surface area contributed by atoms with E-state index in [2.05, 4.69) is 39.8 Å². The van der Waals surface area contributed by atoms with Gasteiger partial charge in [-0.15, -0.1) is 0 Å². The van der Waals surface area contributed by atoms with Crippen LogP contribution in [-0.4, -0.2) is 5.11 Å². The molecular formula is C28H46O. The molecule has 2 unspecified atom stereocenters. The van der Waals surface area contributed by atoms with Crippen LogP contribution in [-0.2, 0) is 12.8 Å². The van der Waals surface area contributed by atoms with E-state index in [1.54, 1.807) is 0 Å². The Bertz CT molecular complexity index is 634. The van der Waals surface area contributed by atoms with Crippen LogP contribution in [0.15, 0.2) is 18.2 Å². The first-order valence-electron chi connectivity index (χ1n) is 12.8. The van der Waals surface area contributed by atoms with Crippen molar-refractivity contribution in [3.05, 3.63) is 29.3 Å². The van der Waals surface area contributed by atoms with Gasteiger partial charge in [0.05, 0.1) is 0 Å². The molecule has 1 nitrogen and oxygen atoms in total. The van der Waals surface area contributed by atoms with E-state index >= 15 is 0 Å². The van der Waals surface area contributed by atoms with Gasteiger partial charge in [0.15, 0.2) is 0 Å². The van der Waals surface area contributed by atoms with E-state index in [0.717, 1.165) is 12.8 Å². The number of rotatable bonds is 8. The summed E-state index contributed by atoms with van der Waals surface area (Å²) in [6.45, 7) is 9.75. The molecule has 1 aromatic carbocycles. The third-order valence-electron chi connectivity index (χ3n) is 9.48. The van der Waals surface area contributed by atoms with Crippen molar-refractivity contribution in [2.45, 2.75) is 118 Å². The Labute approximate surface area is 180 Å². The summed E-state index contributed by atoms with van der Waals surface area (Å²) in [5.74, 6) is 1.88. The first kappa shape index (κ1) is 22.7. The van der Waals surface area contributed by atoms with E-state index in [1.807, 2.05) is 6.07 Å². The van der Waals surface area contributed by atoms with Crippen molar-refractivity contribution >= 4 is 0 Å². The summed E-state index contributed by atoms with van der Waals surface area (Å²) in [7, 11) is 0. The smallest absolute Gasteiger partial charge is 0.119 e. The second-order valence-electron chi connectivity index (χ2n) is 10.7. The molecule has 2 saturated carbocycles. The minimum Gasteiger partial charge on any atom is -0.508 e. The minimum atomic E-state index is 0.484. The Balaban J connectivity index is 1.80. The molecule has 164 valence electrons. The van der Waals surface area contributed by atoms with Crippen LogP contribution in [0.2, 0.25) is 0 Å².